The zero-order valence-electron chi connectivity index (χ0n) is 11.1. The summed E-state index contributed by atoms with van der Waals surface area (Å²) in [5, 5.41) is 19.9. The smallest absolute Gasteiger partial charge is 0.307 e. The van der Waals surface area contributed by atoms with Crippen molar-refractivity contribution in [1.82, 2.24) is 0 Å². The normalized spacial score (nSPS) is 23.4. The van der Waals surface area contributed by atoms with Gasteiger partial charge >= 0.3 is 5.97 Å². The summed E-state index contributed by atoms with van der Waals surface area (Å²) >= 11 is 3.36. The van der Waals surface area contributed by atoms with Crippen LogP contribution in [0.5, 0.6) is 5.75 Å². The average molecular weight is 341 g/mol. The highest BCUT2D eigenvalue weighted by molar-refractivity contribution is 9.10. The van der Waals surface area contributed by atoms with Crippen molar-refractivity contribution in [2.45, 2.75) is 18.9 Å². The number of rotatable bonds is 4. The van der Waals surface area contributed by atoms with Crippen molar-refractivity contribution < 1.29 is 19.7 Å². The highest BCUT2D eigenvalue weighted by atomic mass is 79.9. The number of aliphatic hydroxyl groups is 1. The maximum Gasteiger partial charge on any atom is 0.307 e. The van der Waals surface area contributed by atoms with Crippen LogP contribution in [0, 0.1) is 11.8 Å². The molecule has 0 spiro atoms. The number of halogens is 1. The van der Waals surface area contributed by atoms with Gasteiger partial charge in [-0.3, -0.25) is 4.79 Å². The third-order valence-corrected chi connectivity index (χ3v) is 4.21. The van der Waals surface area contributed by atoms with Crippen LogP contribution in [0.2, 0.25) is 0 Å². The predicted octanol–water partition coefficient (Wildman–Crippen LogP) is 3.16. The minimum absolute atomic E-state index is 0.347. The molecule has 20 heavy (non-hydrogen) atoms. The third kappa shape index (κ3) is 3.04. The van der Waals surface area contributed by atoms with Gasteiger partial charge in [-0.25, -0.2) is 0 Å². The number of carbonyl (C=O) groups is 1. The maximum atomic E-state index is 11.3. The van der Waals surface area contributed by atoms with Crippen molar-refractivity contribution in [1.29, 1.82) is 0 Å². The molecule has 0 bridgehead atoms. The highest BCUT2D eigenvalue weighted by Gasteiger charge is 2.35. The van der Waals surface area contributed by atoms with Crippen molar-refractivity contribution in [3.63, 3.8) is 0 Å². The van der Waals surface area contributed by atoms with E-state index >= 15 is 0 Å². The molecule has 0 aliphatic heterocycles. The Hall–Kier alpha value is -1.33. The first kappa shape index (κ1) is 15.1. The number of methoxy groups -OCH3 is 1. The van der Waals surface area contributed by atoms with E-state index in [-0.39, 0.29) is 5.92 Å². The van der Waals surface area contributed by atoms with E-state index < -0.39 is 18.0 Å². The summed E-state index contributed by atoms with van der Waals surface area (Å²) in [6, 6.07) is 5.36. The topological polar surface area (TPSA) is 66.8 Å². The molecule has 1 aromatic rings. The van der Waals surface area contributed by atoms with Gasteiger partial charge in [0, 0.05) is 16.0 Å². The summed E-state index contributed by atoms with van der Waals surface area (Å²) in [5.74, 6) is -1.22. The van der Waals surface area contributed by atoms with E-state index in [4.69, 9.17) is 4.74 Å². The first-order valence-corrected chi connectivity index (χ1v) is 7.23. The molecule has 0 fully saturated rings. The molecule has 0 saturated carbocycles. The minimum atomic E-state index is -0.868. The Morgan fingerprint density at radius 2 is 2.10 bits per heavy atom. The molecule has 0 aromatic heterocycles. The van der Waals surface area contributed by atoms with Crippen molar-refractivity contribution in [2.75, 3.05) is 7.11 Å². The lowest BCUT2D eigenvalue weighted by molar-refractivity contribution is -0.145. The highest BCUT2D eigenvalue weighted by Crippen LogP contribution is 2.40. The molecule has 108 valence electrons. The van der Waals surface area contributed by atoms with Gasteiger partial charge in [0.2, 0.25) is 0 Å². The molecule has 3 unspecified atom stereocenters. The van der Waals surface area contributed by atoms with Crippen LogP contribution in [-0.4, -0.2) is 23.3 Å². The van der Waals surface area contributed by atoms with E-state index in [2.05, 4.69) is 15.9 Å². The monoisotopic (exact) mass is 340 g/mol. The lowest BCUT2D eigenvalue weighted by Gasteiger charge is -2.30. The second-order valence-electron chi connectivity index (χ2n) is 4.88. The summed E-state index contributed by atoms with van der Waals surface area (Å²) < 4.78 is 6.09. The fourth-order valence-electron chi connectivity index (χ4n) is 2.64. The van der Waals surface area contributed by atoms with Gasteiger partial charge in [-0.2, -0.15) is 0 Å². The van der Waals surface area contributed by atoms with E-state index in [0.29, 0.717) is 24.2 Å². The molecule has 2 N–H and O–H groups in total. The number of carboxylic acids is 1. The van der Waals surface area contributed by atoms with Crippen LogP contribution in [-0.2, 0) is 4.79 Å². The molecule has 0 radical (unpaired) electrons. The number of hydrogen-bond donors (Lipinski definition) is 2. The molecule has 1 aliphatic rings. The molecular formula is C15H17BrO4. The number of ether oxygens (including phenoxy) is 1. The Kier molecular flexibility index (Phi) is 4.83. The fraction of sp³-hybridized carbons (Fsp3) is 0.400. The average Bonchev–Trinajstić information content (AvgIpc) is 2.46. The number of carboxylic acid groups (broad SMARTS) is 1. The van der Waals surface area contributed by atoms with E-state index in [0.717, 1.165) is 4.47 Å². The summed E-state index contributed by atoms with van der Waals surface area (Å²) in [6.45, 7) is 0. The Balaban J connectivity index is 2.34. The van der Waals surface area contributed by atoms with Crippen LogP contribution in [0.25, 0.3) is 0 Å². The quantitative estimate of drug-likeness (QED) is 0.826. The molecule has 3 atom stereocenters. The van der Waals surface area contributed by atoms with Crippen molar-refractivity contribution in [3.8, 4) is 5.75 Å². The summed E-state index contributed by atoms with van der Waals surface area (Å²) in [6.07, 6.45) is 3.92. The number of benzene rings is 1. The van der Waals surface area contributed by atoms with Gasteiger partial charge in [-0.05, 0) is 31.0 Å². The lowest BCUT2D eigenvalue weighted by atomic mass is 9.77. The first-order chi connectivity index (χ1) is 9.54. The maximum absolute atomic E-state index is 11.3. The molecule has 0 amide bonds. The molecule has 5 heteroatoms. The number of aliphatic carboxylic acids is 1. The van der Waals surface area contributed by atoms with Gasteiger partial charge in [0.05, 0.1) is 19.1 Å². The molecule has 1 aromatic carbocycles. The summed E-state index contributed by atoms with van der Waals surface area (Å²) in [5.41, 5.74) is 0.619. The Morgan fingerprint density at radius 1 is 1.40 bits per heavy atom. The summed E-state index contributed by atoms with van der Waals surface area (Å²) in [4.78, 5) is 11.3. The standard InChI is InChI=1S/C15H17BrO4/c1-20-13-7-6-9(16)8-12(13)14(17)10-4-2-3-5-11(10)15(18)19/h2-3,6-8,10-11,14,17H,4-5H2,1H3,(H,18,19). The van der Waals surface area contributed by atoms with Crippen LogP contribution in [0.4, 0.5) is 0 Å². The molecule has 4 nitrogen and oxygen atoms in total. The van der Waals surface area contributed by atoms with Crippen LogP contribution < -0.4 is 4.74 Å². The van der Waals surface area contributed by atoms with Crippen LogP contribution in [0.1, 0.15) is 24.5 Å². The summed E-state index contributed by atoms with van der Waals surface area (Å²) in [7, 11) is 1.54. The fourth-order valence-corrected chi connectivity index (χ4v) is 3.01. The van der Waals surface area contributed by atoms with Crippen LogP contribution in [0.15, 0.2) is 34.8 Å². The molecule has 1 aliphatic carbocycles. The predicted molar refractivity (Wildman–Crippen MR) is 78.6 cm³/mol. The Labute approximate surface area is 126 Å². The SMILES string of the molecule is COc1ccc(Br)cc1C(O)C1CC=CCC1C(=O)O. The van der Waals surface area contributed by atoms with Crippen molar-refractivity contribution in [3.05, 3.63) is 40.4 Å². The van der Waals surface area contributed by atoms with Crippen LogP contribution >= 0.6 is 15.9 Å². The van der Waals surface area contributed by atoms with E-state index in [1.165, 1.54) is 7.11 Å². The lowest BCUT2D eigenvalue weighted by Crippen LogP contribution is -2.30. The van der Waals surface area contributed by atoms with Crippen molar-refractivity contribution in [2.24, 2.45) is 11.8 Å². The Bertz CT molecular complexity index is 527. The molecule has 0 saturated heterocycles. The second kappa shape index (κ2) is 6.41. The minimum Gasteiger partial charge on any atom is -0.496 e. The zero-order chi connectivity index (χ0) is 14.7. The molecule has 0 heterocycles. The van der Waals surface area contributed by atoms with Gasteiger partial charge in [0.25, 0.3) is 0 Å². The first-order valence-electron chi connectivity index (χ1n) is 6.44. The van der Waals surface area contributed by atoms with Gasteiger partial charge in [-0.1, -0.05) is 28.1 Å². The van der Waals surface area contributed by atoms with E-state index in [1.54, 1.807) is 12.1 Å². The number of aliphatic hydroxyl groups excluding tert-OH is 1. The van der Waals surface area contributed by atoms with Crippen LogP contribution in [0.3, 0.4) is 0 Å². The second-order valence-corrected chi connectivity index (χ2v) is 5.80. The molecule has 2 rings (SSSR count). The Morgan fingerprint density at radius 3 is 2.75 bits per heavy atom. The van der Waals surface area contributed by atoms with Gasteiger partial charge in [0.15, 0.2) is 0 Å². The van der Waals surface area contributed by atoms with Gasteiger partial charge in [-0.15, -0.1) is 0 Å². The van der Waals surface area contributed by atoms with E-state index in [9.17, 15) is 15.0 Å². The number of allylic oxidation sites excluding steroid dienone is 2. The third-order valence-electron chi connectivity index (χ3n) is 3.71. The zero-order valence-corrected chi connectivity index (χ0v) is 12.7. The van der Waals surface area contributed by atoms with Gasteiger partial charge in [0.1, 0.15) is 5.75 Å². The van der Waals surface area contributed by atoms with Gasteiger partial charge < -0.3 is 14.9 Å². The largest absolute Gasteiger partial charge is 0.496 e. The van der Waals surface area contributed by atoms with Crippen molar-refractivity contribution >= 4 is 21.9 Å². The van der Waals surface area contributed by atoms with E-state index in [1.807, 2.05) is 18.2 Å². The number of hydrogen-bond acceptors (Lipinski definition) is 3. The molecular weight excluding hydrogens is 324 g/mol.